The minimum absolute atomic E-state index is 0.156. The number of aromatic nitrogens is 1. The van der Waals surface area contributed by atoms with Gasteiger partial charge in [0.2, 0.25) is 10.0 Å². The number of likely N-dealkylation sites (tertiary alicyclic amines) is 1. The van der Waals surface area contributed by atoms with Crippen LogP contribution in [-0.2, 0) is 21.3 Å². The van der Waals surface area contributed by atoms with Crippen molar-refractivity contribution in [3.8, 4) is 0 Å². The zero-order valence-electron chi connectivity index (χ0n) is 13.3. The van der Waals surface area contributed by atoms with Gasteiger partial charge in [-0.1, -0.05) is 5.16 Å². The maximum Gasteiger partial charge on any atom is 0.214 e. The third-order valence-corrected chi connectivity index (χ3v) is 7.00. The van der Waals surface area contributed by atoms with E-state index < -0.39 is 10.0 Å². The van der Waals surface area contributed by atoms with Crippen LogP contribution in [0.15, 0.2) is 10.6 Å². The molecule has 1 saturated carbocycles. The van der Waals surface area contributed by atoms with Gasteiger partial charge < -0.3 is 9.26 Å². The van der Waals surface area contributed by atoms with Crippen LogP contribution in [0.25, 0.3) is 0 Å². The number of rotatable bonds is 6. The summed E-state index contributed by atoms with van der Waals surface area (Å²) in [6.07, 6.45) is 1.80. The first kappa shape index (κ1) is 15.6. The van der Waals surface area contributed by atoms with Gasteiger partial charge in [0.1, 0.15) is 5.76 Å². The van der Waals surface area contributed by atoms with E-state index in [9.17, 15) is 8.42 Å². The zero-order valence-corrected chi connectivity index (χ0v) is 14.1. The lowest BCUT2D eigenvalue weighted by Gasteiger charge is -2.19. The summed E-state index contributed by atoms with van der Waals surface area (Å²) in [7, 11) is -3.10. The van der Waals surface area contributed by atoms with Crippen molar-refractivity contribution >= 4 is 10.0 Å². The van der Waals surface area contributed by atoms with Gasteiger partial charge in [-0.15, -0.1) is 0 Å². The molecule has 128 valence electrons. The molecule has 3 aliphatic rings. The molecule has 0 amide bonds. The highest BCUT2D eigenvalue weighted by atomic mass is 32.2. The van der Waals surface area contributed by atoms with Gasteiger partial charge in [0, 0.05) is 44.1 Å². The molecule has 23 heavy (non-hydrogen) atoms. The predicted molar refractivity (Wildman–Crippen MR) is 83.2 cm³/mol. The summed E-state index contributed by atoms with van der Waals surface area (Å²) in [6.45, 7) is 5.60. The van der Waals surface area contributed by atoms with Gasteiger partial charge in [-0.3, -0.25) is 4.90 Å². The largest absolute Gasteiger partial charge is 0.376 e. The SMILES string of the molecule is Cc1cc(CN2C[C@@H]3[C@@H](CNS(=O)(=O)C4CC4)CO[C@@H]3C2)no1. The molecule has 8 heteroatoms. The fourth-order valence-corrected chi connectivity index (χ4v) is 5.10. The van der Waals surface area contributed by atoms with Crippen molar-refractivity contribution in [3.63, 3.8) is 0 Å². The van der Waals surface area contributed by atoms with Gasteiger partial charge in [0.15, 0.2) is 0 Å². The van der Waals surface area contributed by atoms with Crippen LogP contribution < -0.4 is 4.72 Å². The average Bonchev–Trinajstić information content (AvgIpc) is 3.05. The van der Waals surface area contributed by atoms with E-state index in [4.69, 9.17) is 9.26 Å². The Bertz CT molecular complexity index is 670. The fourth-order valence-electron chi connectivity index (χ4n) is 3.66. The number of sulfonamides is 1. The van der Waals surface area contributed by atoms with Crippen molar-refractivity contribution in [2.24, 2.45) is 11.8 Å². The van der Waals surface area contributed by atoms with Crippen LogP contribution in [0.4, 0.5) is 0 Å². The fraction of sp³-hybridized carbons (Fsp3) is 0.800. The second-order valence-electron chi connectivity index (χ2n) is 7.01. The molecular formula is C15H23N3O4S. The van der Waals surface area contributed by atoms with E-state index in [1.54, 1.807) is 0 Å². The Morgan fingerprint density at radius 1 is 1.39 bits per heavy atom. The molecule has 1 N–H and O–H groups in total. The van der Waals surface area contributed by atoms with Crippen molar-refractivity contribution in [1.29, 1.82) is 0 Å². The molecule has 4 rings (SSSR count). The van der Waals surface area contributed by atoms with E-state index >= 15 is 0 Å². The number of aryl methyl sites for hydroxylation is 1. The Morgan fingerprint density at radius 3 is 2.91 bits per heavy atom. The summed E-state index contributed by atoms with van der Waals surface area (Å²) >= 11 is 0. The number of nitrogens with zero attached hydrogens (tertiary/aromatic N) is 2. The third kappa shape index (κ3) is 3.31. The third-order valence-electron chi connectivity index (χ3n) is 5.09. The van der Waals surface area contributed by atoms with Gasteiger partial charge >= 0.3 is 0 Å². The Morgan fingerprint density at radius 2 is 2.22 bits per heavy atom. The summed E-state index contributed by atoms with van der Waals surface area (Å²) in [5.41, 5.74) is 0.938. The van der Waals surface area contributed by atoms with Crippen LogP contribution in [-0.4, -0.2) is 56.1 Å². The van der Waals surface area contributed by atoms with E-state index in [0.717, 1.165) is 43.9 Å². The first-order valence-corrected chi connectivity index (χ1v) is 9.80. The number of ether oxygens (including phenoxy) is 1. The van der Waals surface area contributed by atoms with E-state index in [1.807, 2.05) is 13.0 Å². The molecule has 1 aliphatic carbocycles. The Kier molecular flexibility index (Phi) is 3.95. The molecule has 3 atom stereocenters. The topological polar surface area (TPSA) is 84.7 Å². The van der Waals surface area contributed by atoms with Crippen LogP contribution in [0.3, 0.4) is 0 Å². The van der Waals surface area contributed by atoms with Crippen LogP contribution in [0.1, 0.15) is 24.3 Å². The molecule has 0 bridgehead atoms. The molecule has 2 saturated heterocycles. The molecule has 0 unspecified atom stereocenters. The maximum atomic E-state index is 12.0. The van der Waals surface area contributed by atoms with Gasteiger partial charge in [-0.05, 0) is 19.8 Å². The second-order valence-corrected chi connectivity index (χ2v) is 9.06. The lowest BCUT2D eigenvalue weighted by Crippen LogP contribution is -2.35. The lowest BCUT2D eigenvalue weighted by atomic mass is 9.93. The van der Waals surface area contributed by atoms with Crippen molar-refractivity contribution in [3.05, 3.63) is 17.5 Å². The Balaban J connectivity index is 1.32. The number of hydrogen-bond donors (Lipinski definition) is 1. The standard InChI is InChI=1S/C15H23N3O4S/c1-10-4-12(17-22-10)6-18-7-14-11(9-21-15(14)8-18)5-16-23(19,20)13-2-3-13/h4,11,13-16H,2-3,5-9H2,1H3/t11-,14+,15+/m0/s1. The smallest absolute Gasteiger partial charge is 0.214 e. The van der Waals surface area contributed by atoms with E-state index in [0.29, 0.717) is 19.1 Å². The molecule has 3 fully saturated rings. The van der Waals surface area contributed by atoms with Gasteiger partial charge in [-0.25, -0.2) is 13.1 Å². The number of nitrogens with one attached hydrogen (secondary N) is 1. The summed E-state index contributed by atoms with van der Waals surface area (Å²) in [6, 6.07) is 1.95. The molecule has 0 spiro atoms. The quantitative estimate of drug-likeness (QED) is 0.812. The van der Waals surface area contributed by atoms with Crippen LogP contribution in [0, 0.1) is 18.8 Å². The predicted octanol–water partition coefficient (Wildman–Crippen LogP) is 0.512. The zero-order chi connectivity index (χ0) is 16.0. The maximum absolute atomic E-state index is 12.0. The highest BCUT2D eigenvalue weighted by Gasteiger charge is 2.44. The minimum atomic E-state index is -3.10. The summed E-state index contributed by atoms with van der Waals surface area (Å²) in [5, 5.41) is 3.88. The van der Waals surface area contributed by atoms with Crippen LogP contribution in [0.2, 0.25) is 0 Å². The minimum Gasteiger partial charge on any atom is -0.376 e. The number of fused-ring (bicyclic) bond motifs is 1. The van der Waals surface area contributed by atoms with Crippen LogP contribution in [0.5, 0.6) is 0 Å². The Labute approximate surface area is 136 Å². The molecule has 2 aliphatic heterocycles. The molecule has 1 aromatic rings. The first-order valence-electron chi connectivity index (χ1n) is 8.26. The molecule has 1 aromatic heterocycles. The lowest BCUT2D eigenvalue weighted by molar-refractivity contribution is 0.0938. The van der Waals surface area contributed by atoms with Gasteiger partial charge in [0.05, 0.1) is 23.7 Å². The Hall–Kier alpha value is -0.960. The number of hydrogen-bond acceptors (Lipinski definition) is 6. The summed E-state index contributed by atoms with van der Waals surface area (Å²) in [4.78, 5) is 2.31. The summed E-state index contributed by atoms with van der Waals surface area (Å²) in [5.74, 6) is 1.48. The van der Waals surface area contributed by atoms with Gasteiger partial charge in [-0.2, -0.15) is 0 Å². The van der Waals surface area contributed by atoms with Crippen molar-refractivity contribution in [1.82, 2.24) is 14.8 Å². The van der Waals surface area contributed by atoms with Crippen molar-refractivity contribution < 1.29 is 17.7 Å². The first-order chi connectivity index (χ1) is 11.0. The van der Waals surface area contributed by atoms with E-state index in [2.05, 4.69) is 14.8 Å². The van der Waals surface area contributed by atoms with Crippen LogP contribution >= 0.6 is 0 Å². The van der Waals surface area contributed by atoms with Gasteiger partial charge in [0.25, 0.3) is 0 Å². The second kappa shape index (κ2) is 5.84. The highest BCUT2D eigenvalue weighted by molar-refractivity contribution is 7.90. The molecule has 3 heterocycles. The van der Waals surface area contributed by atoms with E-state index in [-0.39, 0.29) is 17.3 Å². The highest BCUT2D eigenvalue weighted by Crippen LogP contribution is 2.34. The van der Waals surface area contributed by atoms with E-state index in [1.165, 1.54) is 0 Å². The normalized spacial score (nSPS) is 31.6. The van der Waals surface area contributed by atoms with Crippen molar-refractivity contribution in [2.45, 2.75) is 37.7 Å². The average molecular weight is 341 g/mol. The van der Waals surface area contributed by atoms with Crippen molar-refractivity contribution in [2.75, 3.05) is 26.2 Å². The molecular weight excluding hydrogens is 318 g/mol. The monoisotopic (exact) mass is 341 g/mol. The molecule has 0 radical (unpaired) electrons. The molecule has 7 nitrogen and oxygen atoms in total. The summed E-state index contributed by atoms with van der Waals surface area (Å²) < 4.78 is 37.7. The molecule has 0 aromatic carbocycles.